The predicted octanol–water partition coefficient (Wildman–Crippen LogP) is 19.0. The number of carbonyl (C=O) groups is 1. The highest BCUT2D eigenvalue weighted by Crippen LogP contribution is 2.34. The molecule has 0 aromatic rings. The minimum Gasteiger partial charge on any atom is -0.394 e. The number of nitrogens with one attached hydrogen (secondary N) is 1. The second kappa shape index (κ2) is 73.9. The summed E-state index contributed by atoms with van der Waals surface area (Å²) in [5.74, 6) is -0.265. The van der Waals surface area contributed by atoms with Crippen molar-refractivity contribution in [2.45, 2.75) is 529 Å². The van der Waals surface area contributed by atoms with Gasteiger partial charge in [-0.05, 0) is 51.4 Å². The molecule has 3 aliphatic heterocycles. The van der Waals surface area contributed by atoms with Crippen LogP contribution in [0, 0.1) is 0 Å². The Balaban J connectivity index is 1.29. The summed E-state index contributed by atoms with van der Waals surface area (Å²) in [6, 6.07) is -0.973. The largest absolute Gasteiger partial charge is 0.394 e. The highest BCUT2D eigenvalue weighted by molar-refractivity contribution is 5.76. The number of aliphatic hydroxyl groups is 11. The number of ether oxygens (including phenoxy) is 6. The molecule has 0 aliphatic carbocycles. The summed E-state index contributed by atoms with van der Waals surface area (Å²) in [7, 11) is 0. The Morgan fingerprint density at radius 2 is 0.584 bits per heavy atom. The first kappa shape index (κ1) is 105. The molecule has 3 aliphatic rings. The third-order valence-corrected chi connectivity index (χ3v) is 23.9. The summed E-state index contributed by atoms with van der Waals surface area (Å²) in [6.45, 7) is 1.80. The maximum atomic E-state index is 13.5. The minimum atomic E-state index is -1.98. The molecule has 0 saturated carbocycles. The van der Waals surface area contributed by atoms with Crippen molar-refractivity contribution in [2.75, 3.05) is 26.4 Å². The van der Waals surface area contributed by atoms with Crippen LogP contribution in [0.5, 0.6) is 0 Å². The van der Waals surface area contributed by atoms with Crippen LogP contribution in [0.3, 0.4) is 0 Å². The van der Waals surface area contributed by atoms with Gasteiger partial charge in [-0.3, -0.25) is 4.79 Å². The fourth-order valence-corrected chi connectivity index (χ4v) is 16.3. The van der Waals surface area contributed by atoms with Gasteiger partial charge in [0.1, 0.15) is 73.2 Å². The summed E-state index contributed by atoms with van der Waals surface area (Å²) >= 11 is 0. The third kappa shape index (κ3) is 52.1. The van der Waals surface area contributed by atoms with Crippen molar-refractivity contribution in [3.05, 3.63) is 36.5 Å². The van der Waals surface area contributed by atoms with Gasteiger partial charge >= 0.3 is 0 Å². The van der Waals surface area contributed by atoms with Gasteiger partial charge in [0.2, 0.25) is 5.91 Å². The second-order valence-electron chi connectivity index (χ2n) is 34.2. The van der Waals surface area contributed by atoms with Crippen molar-refractivity contribution in [1.29, 1.82) is 0 Å². The van der Waals surface area contributed by atoms with E-state index in [1.165, 1.54) is 347 Å². The molecule has 17 unspecified atom stereocenters. The molecule has 3 saturated heterocycles. The van der Waals surface area contributed by atoms with E-state index in [2.05, 4.69) is 43.5 Å². The van der Waals surface area contributed by atoms with Crippen LogP contribution in [0.4, 0.5) is 0 Å². The Morgan fingerprint density at radius 1 is 0.319 bits per heavy atom. The molecule has 19 nitrogen and oxygen atoms in total. The van der Waals surface area contributed by atoms with Gasteiger partial charge in [0.05, 0.1) is 38.6 Å². The fraction of sp³-hybridized carbons (Fsp3) is 0.926. The number of rotatable bonds is 79. The number of hydrogen-bond donors (Lipinski definition) is 12. The fourth-order valence-electron chi connectivity index (χ4n) is 16.3. The predicted molar refractivity (Wildman–Crippen MR) is 457 cm³/mol. The van der Waals surface area contributed by atoms with E-state index in [-0.39, 0.29) is 18.9 Å². The molecule has 0 aromatic heterocycles. The van der Waals surface area contributed by atoms with Gasteiger partial charge in [-0.2, -0.15) is 0 Å². The van der Waals surface area contributed by atoms with E-state index in [1.807, 2.05) is 6.08 Å². The molecule has 3 fully saturated rings. The summed E-state index contributed by atoms with van der Waals surface area (Å²) < 4.78 is 34.6. The number of aliphatic hydroxyl groups excluding tert-OH is 11. The quantitative estimate of drug-likeness (QED) is 0.0199. The van der Waals surface area contributed by atoms with Crippen LogP contribution >= 0.6 is 0 Å². The molecule has 17 atom stereocenters. The number of amides is 1. The molecule has 12 N–H and O–H groups in total. The maximum absolute atomic E-state index is 13.5. The molecule has 19 heteroatoms. The van der Waals surface area contributed by atoms with Crippen molar-refractivity contribution in [3.63, 3.8) is 0 Å². The maximum Gasteiger partial charge on any atom is 0.220 e. The average Bonchev–Trinajstić information content (AvgIpc) is 0.780. The Hall–Kier alpha value is -1.99. The van der Waals surface area contributed by atoms with E-state index < -0.39 is 124 Å². The zero-order valence-corrected chi connectivity index (χ0v) is 72.1. The standard InChI is InChI=1S/C94H177NO18/c1-3-5-7-9-11-13-15-17-19-21-23-25-27-29-31-33-34-35-36-37-38-39-40-41-42-44-46-48-50-52-54-56-58-60-62-64-66-68-70-72-82(100)95-77(78(99)71-69-67-65-63-61-59-57-55-53-51-49-47-45-43-32-30-28-26-24-22-20-18-16-14-12-10-8-6-4-2)76-108-92-88(106)85(103)90(80(74-97)110-92)113-94-89(107)86(104)91(81(75-98)111-94)112-93-87(105)84(102)83(101)79(73-96)109-93/h15,17,21,23,69,71,77-81,83-94,96-99,101-107H,3-14,16,18-20,22,24-68,70,72-76H2,1-2H3,(H,95,100)/b17-15-,23-21-,71-69+. The van der Waals surface area contributed by atoms with Gasteiger partial charge in [-0.1, -0.05) is 403 Å². The van der Waals surface area contributed by atoms with Gasteiger partial charge in [0.15, 0.2) is 18.9 Å². The molecule has 3 heterocycles. The average molecular weight is 1610 g/mol. The normalized spacial score (nSPS) is 24.9. The highest BCUT2D eigenvalue weighted by atomic mass is 16.8. The highest BCUT2D eigenvalue weighted by Gasteiger charge is 2.54. The van der Waals surface area contributed by atoms with Crippen LogP contribution in [0.25, 0.3) is 0 Å². The molecule has 113 heavy (non-hydrogen) atoms. The van der Waals surface area contributed by atoms with E-state index in [0.29, 0.717) is 6.42 Å². The van der Waals surface area contributed by atoms with Gasteiger partial charge in [-0.15, -0.1) is 0 Å². The number of allylic oxidation sites excluding steroid dienone is 5. The Bertz CT molecular complexity index is 2170. The molecule has 1 amide bonds. The van der Waals surface area contributed by atoms with Crippen LogP contribution in [-0.4, -0.2) is 193 Å². The lowest BCUT2D eigenvalue weighted by atomic mass is 9.96. The smallest absolute Gasteiger partial charge is 0.220 e. The summed E-state index contributed by atoms with van der Waals surface area (Å²) in [5.41, 5.74) is 0. The van der Waals surface area contributed by atoms with Gasteiger partial charge in [0, 0.05) is 6.42 Å². The summed E-state index contributed by atoms with van der Waals surface area (Å²) in [4.78, 5) is 13.5. The molecule has 0 aromatic carbocycles. The molecule has 3 rings (SSSR count). The van der Waals surface area contributed by atoms with E-state index in [9.17, 15) is 61.0 Å². The van der Waals surface area contributed by atoms with Crippen LogP contribution in [0.2, 0.25) is 0 Å². The van der Waals surface area contributed by atoms with Crippen molar-refractivity contribution >= 4 is 5.91 Å². The number of hydrogen-bond acceptors (Lipinski definition) is 18. The van der Waals surface area contributed by atoms with Gasteiger partial charge < -0.3 is 89.9 Å². The third-order valence-electron chi connectivity index (χ3n) is 23.9. The van der Waals surface area contributed by atoms with Crippen molar-refractivity contribution in [1.82, 2.24) is 5.32 Å². The topological polar surface area (TPSA) is 307 Å². The number of unbranched alkanes of at least 4 members (excludes halogenated alkanes) is 59. The van der Waals surface area contributed by atoms with Crippen LogP contribution in [0.1, 0.15) is 425 Å². The molecule has 0 bridgehead atoms. The summed E-state index contributed by atoms with van der Waals surface area (Å²) in [6.07, 6.45) is 68.9. The van der Waals surface area contributed by atoms with Crippen molar-refractivity contribution in [3.8, 4) is 0 Å². The van der Waals surface area contributed by atoms with Gasteiger partial charge in [0.25, 0.3) is 0 Å². The molecular formula is C94H177NO18. The lowest BCUT2D eigenvalue weighted by Crippen LogP contribution is -2.66. The molecular weight excluding hydrogens is 1430 g/mol. The van der Waals surface area contributed by atoms with Crippen LogP contribution < -0.4 is 5.32 Å². The lowest BCUT2D eigenvalue weighted by Gasteiger charge is -2.48. The van der Waals surface area contributed by atoms with E-state index in [1.54, 1.807) is 6.08 Å². The Morgan fingerprint density at radius 3 is 0.903 bits per heavy atom. The molecule has 666 valence electrons. The first-order valence-corrected chi connectivity index (χ1v) is 47.7. The van der Waals surface area contributed by atoms with Crippen LogP contribution in [0.15, 0.2) is 36.5 Å². The summed E-state index contributed by atoms with van der Waals surface area (Å²) in [5, 5.41) is 121. The van der Waals surface area contributed by atoms with E-state index in [0.717, 1.165) is 51.4 Å². The monoisotopic (exact) mass is 1610 g/mol. The van der Waals surface area contributed by atoms with Crippen LogP contribution in [-0.2, 0) is 33.2 Å². The minimum absolute atomic E-state index is 0.249. The number of carbonyl (C=O) groups excluding carboxylic acids is 1. The zero-order chi connectivity index (χ0) is 81.7. The second-order valence-corrected chi connectivity index (χ2v) is 34.2. The van der Waals surface area contributed by atoms with E-state index >= 15 is 0 Å². The first-order chi connectivity index (χ1) is 55.3. The van der Waals surface area contributed by atoms with Crippen molar-refractivity contribution in [2.24, 2.45) is 0 Å². The lowest BCUT2D eigenvalue weighted by molar-refractivity contribution is -0.379. The Kier molecular flexibility index (Phi) is 68.8. The Labute approximate surface area is 689 Å². The van der Waals surface area contributed by atoms with Crippen molar-refractivity contribution < 1.29 is 89.4 Å². The molecule has 0 spiro atoms. The SMILES string of the molecule is CCCCCCC/C=C\C/C=C\CCCCCCCCCCCCCCCCCCCCCCCCCCCCCC(=O)NC(COC1OC(CO)C(OC2OC(CO)C(OC3OC(CO)C(O)C(O)C3O)C(O)C2O)C(O)C1O)C(O)/C=C/CCCCCCCCCCCCCCCCCCCCCCCCCCCCC. The zero-order valence-electron chi connectivity index (χ0n) is 72.1. The first-order valence-electron chi connectivity index (χ1n) is 47.7. The van der Waals surface area contributed by atoms with E-state index in [4.69, 9.17) is 28.4 Å². The van der Waals surface area contributed by atoms with Gasteiger partial charge in [-0.25, -0.2) is 0 Å². The molecule has 0 radical (unpaired) electrons.